The van der Waals surface area contributed by atoms with Gasteiger partial charge >= 0.3 is 5.97 Å². The first-order valence-corrected chi connectivity index (χ1v) is 5.32. The summed E-state index contributed by atoms with van der Waals surface area (Å²) in [6, 6.07) is 1.75. The van der Waals surface area contributed by atoms with Gasteiger partial charge in [0.25, 0.3) is 0 Å². The summed E-state index contributed by atoms with van der Waals surface area (Å²) in [4.78, 5) is 15.2. The van der Waals surface area contributed by atoms with Gasteiger partial charge in [-0.25, -0.2) is 4.79 Å². The normalized spacial score (nSPS) is 10.7. The predicted octanol–water partition coefficient (Wildman–Crippen LogP) is 1.49. The standard InChI is InChI=1S/C11H13N3O3/c1-3-8-12-9(17-13-8)6-14-5-4-7(2)10(14)11(15)16/h4-5H,3,6H2,1-2H3,(H,15,16). The van der Waals surface area contributed by atoms with Gasteiger partial charge in [0.05, 0.1) is 0 Å². The molecule has 0 radical (unpaired) electrons. The maximum atomic E-state index is 11.1. The highest BCUT2D eigenvalue weighted by molar-refractivity contribution is 5.87. The second kappa shape index (κ2) is 4.40. The molecule has 0 bridgehead atoms. The van der Waals surface area contributed by atoms with Crippen LogP contribution >= 0.6 is 0 Å². The van der Waals surface area contributed by atoms with Gasteiger partial charge in [-0.3, -0.25) is 0 Å². The molecule has 0 saturated carbocycles. The van der Waals surface area contributed by atoms with E-state index in [0.717, 1.165) is 0 Å². The summed E-state index contributed by atoms with van der Waals surface area (Å²) < 4.78 is 6.62. The van der Waals surface area contributed by atoms with Crippen LogP contribution in [0, 0.1) is 6.92 Å². The van der Waals surface area contributed by atoms with Crippen molar-refractivity contribution in [1.82, 2.24) is 14.7 Å². The molecule has 0 aliphatic carbocycles. The van der Waals surface area contributed by atoms with Crippen molar-refractivity contribution in [2.75, 3.05) is 0 Å². The molecule has 2 rings (SSSR count). The lowest BCUT2D eigenvalue weighted by atomic mass is 10.3. The van der Waals surface area contributed by atoms with Crippen LogP contribution in [-0.2, 0) is 13.0 Å². The summed E-state index contributed by atoms with van der Waals surface area (Å²) in [5, 5.41) is 12.8. The van der Waals surface area contributed by atoms with Crippen LogP contribution in [0.4, 0.5) is 0 Å². The SMILES string of the molecule is CCc1noc(Cn2ccc(C)c2C(=O)O)n1. The third-order valence-corrected chi connectivity index (χ3v) is 2.50. The molecule has 0 aliphatic heterocycles. The lowest BCUT2D eigenvalue weighted by Crippen LogP contribution is -2.10. The van der Waals surface area contributed by atoms with Crippen molar-refractivity contribution in [1.29, 1.82) is 0 Å². The number of hydrogen-bond donors (Lipinski definition) is 1. The van der Waals surface area contributed by atoms with Crippen LogP contribution < -0.4 is 0 Å². The zero-order valence-corrected chi connectivity index (χ0v) is 9.67. The van der Waals surface area contributed by atoms with E-state index in [1.807, 2.05) is 6.92 Å². The van der Waals surface area contributed by atoms with E-state index < -0.39 is 5.97 Å². The Morgan fingerprint density at radius 1 is 1.59 bits per heavy atom. The van der Waals surface area contributed by atoms with Crippen LogP contribution in [0.25, 0.3) is 0 Å². The van der Waals surface area contributed by atoms with Crippen molar-refractivity contribution < 1.29 is 14.4 Å². The molecule has 0 aliphatic rings. The Morgan fingerprint density at radius 2 is 2.35 bits per heavy atom. The summed E-state index contributed by atoms with van der Waals surface area (Å²) in [5.74, 6) is 0.0865. The van der Waals surface area contributed by atoms with E-state index in [4.69, 9.17) is 9.63 Å². The first-order valence-electron chi connectivity index (χ1n) is 5.32. The van der Waals surface area contributed by atoms with Gasteiger partial charge in [0, 0.05) is 12.6 Å². The summed E-state index contributed by atoms with van der Waals surface area (Å²) in [6.45, 7) is 3.96. The highest BCUT2D eigenvalue weighted by Crippen LogP contribution is 2.12. The van der Waals surface area contributed by atoms with Gasteiger partial charge in [0.2, 0.25) is 5.89 Å². The Bertz CT molecular complexity index is 542. The lowest BCUT2D eigenvalue weighted by molar-refractivity contribution is 0.0684. The fourth-order valence-corrected chi connectivity index (χ4v) is 1.65. The van der Waals surface area contributed by atoms with Gasteiger partial charge in [-0.2, -0.15) is 4.98 Å². The predicted molar refractivity (Wildman–Crippen MR) is 58.9 cm³/mol. The minimum Gasteiger partial charge on any atom is -0.477 e. The van der Waals surface area contributed by atoms with Crippen molar-refractivity contribution in [2.24, 2.45) is 0 Å². The van der Waals surface area contributed by atoms with Crippen LogP contribution in [0.3, 0.4) is 0 Å². The first kappa shape index (κ1) is 11.4. The molecule has 2 aromatic rings. The second-order valence-corrected chi connectivity index (χ2v) is 3.74. The molecular formula is C11H13N3O3. The van der Waals surface area contributed by atoms with Crippen molar-refractivity contribution >= 4 is 5.97 Å². The molecule has 0 atom stereocenters. The van der Waals surface area contributed by atoms with Crippen molar-refractivity contribution in [3.63, 3.8) is 0 Å². The third-order valence-electron chi connectivity index (χ3n) is 2.50. The molecule has 0 spiro atoms. The van der Waals surface area contributed by atoms with Crippen LogP contribution in [-0.4, -0.2) is 25.8 Å². The number of aromatic carboxylic acids is 1. The molecular weight excluding hydrogens is 222 g/mol. The number of aryl methyl sites for hydroxylation is 2. The van der Waals surface area contributed by atoms with Gasteiger partial charge in [-0.1, -0.05) is 12.1 Å². The molecule has 0 unspecified atom stereocenters. The van der Waals surface area contributed by atoms with E-state index in [0.29, 0.717) is 23.7 Å². The number of nitrogens with zero attached hydrogens (tertiary/aromatic N) is 3. The fourth-order valence-electron chi connectivity index (χ4n) is 1.65. The van der Waals surface area contributed by atoms with E-state index in [-0.39, 0.29) is 12.2 Å². The van der Waals surface area contributed by atoms with Crippen molar-refractivity contribution in [3.8, 4) is 0 Å². The maximum absolute atomic E-state index is 11.1. The molecule has 2 aromatic heterocycles. The molecule has 0 amide bonds. The number of hydrogen-bond acceptors (Lipinski definition) is 4. The van der Waals surface area contributed by atoms with E-state index in [2.05, 4.69) is 10.1 Å². The lowest BCUT2D eigenvalue weighted by Gasteiger charge is -2.02. The van der Waals surface area contributed by atoms with E-state index in [1.165, 1.54) is 0 Å². The Morgan fingerprint density at radius 3 is 2.94 bits per heavy atom. The molecule has 1 N–H and O–H groups in total. The molecule has 6 heteroatoms. The third kappa shape index (κ3) is 2.20. The molecule has 0 saturated heterocycles. The second-order valence-electron chi connectivity index (χ2n) is 3.74. The topological polar surface area (TPSA) is 81.2 Å². The van der Waals surface area contributed by atoms with Crippen molar-refractivity contribution in [2.45, 2.75) is 26.8 Å². The highest BCUT2D eigenvalue weighted by Gasteiger charge is 2.15. The van der Waals surface area contributed by atoms with Gasteiger partial charge < -0.3 is 14.2 Å². The van der Waals surface area contributed by atoms with E-state index in [9.17, 15) is 4.79 Å². The minimum absolute atomic E-state index is 0.251. The Balaban J connectivity index is 2.27. The highest BCUT2D eigenvalue weighted by atomic mass is 16.5. The monoisotopic (exact) mass is 235 g/mol. The molecule has 17 heavy (non-hydrogen) atoms. The molecule has 0 fully saturated rings. The maximum Gasteiger partial charge on any atom is 0.352 e. The smallest absolute Gasteiger partial charge is 0.352 e. The zero-order valence-electron chi connectivity index (χ0n) is 9.67. The van der Waals surface area contributed by atoms with Crippen LogP contribution in [0.5, 0.6) is 0 Å². The molecule has 0 aromatic carbocycles. The quantitative estimate of drug-likeness (QED) is 0.868. The largest absolute Gasteiger partial charge is 0.477 e. The van der Waals surface area contributed by atoms with Crippen LogP contribution in [0.15, 0.2) is 16.8 Å². The summed E-state index contributed by atoms with van der Waals surface area (Å²) in [6.07, 6.45) is 2.40. The number of aromatic nitrogens is 3. The van der Waals surface area contributed by atoms with Gasteiger partial charge in [0.15, 0.2) is 5.82 Å². The Labute approximate surface area is 97.9 Å². The average molecular weight is 235 g/mol. The van der Waals surface area contributed by atoms with E-state index >= 15 is 0 Å². The fraction of sp³-hybridized carbons (Fsp3) is 0.364. The molecule has 90 valence electrons. The van der Waals surface area contributed by atoms with Gasteiger partial charge in [0.1, 0.15) is 12.2 Å². The van der Waals surface area contributed by atoms with E-state index in [1.54, 1.807) is 23.8 Å². The van der Waals surface area contributed by atoms with Crippen LogP contribution in [0.2, 0.25) is 0 Å². The van der Waals surface area contributed by atoms with Crippen molar-refractivity contribution in [3.05, 3.63) is 35.2 Å². The summed E-state index contributed by atoms with van der Waals surface area (Å²) >= 11 is 0. The zero-order chi connectivity index (χ0) is 12.4. The Hall–Kier alpha value is -2.11. The van der Waals surface area contributed by atoms with Gasteiger partial charge in [-0.15, -0.1) is 0 Å². The first-order chi connectivity index (χ1) is 8.11. The number of carboxylic acid groups (broad SMARTS) is 1. The minimum atomic E-state index is -0.956. The average Bonchev–Trinajstić information content (AvgIpc) is 2.86. The van der Waals surface area contributed by atoms with Crippen LogP contribution in [0.1, 0.15) is 34.7 Å². The Kier molecular flexibility index (Phi) is 2.95. The van der Waals surface area contributed by atoms with Gasteiger partial charge in [-0.05, 0) is 18.6 Å². The summed E-state index contributed by atoms with van der Waals surface area (Å²) in [7, 11) is 0. The number of rotatable bonds is 4. The molecule has 6 nitrogen and oxygen atoms in total. The summed E-state index contributed by atoms with van der Waals surface area (Å²) in [5.41, 5.74) is 0.967. The number of carboxylic acids is 1. The number of carbonyl (C=O) groups is 1. The molecule has 2 heterocycles.